The molecule has 1 heterocycles. The summed E-state index contributed by atoms with van der Waals surface area (Å²) in [6.45, 7) is 10.1. The minimum absolute atomic E-state index is 0.295. The summed E-state index contributed by atoms with van der Waals surface area (Å²) >= 11 is 0. The highest BCUT2D eigenvalue weighted by molar-refractivity contribution is 5.44. The number of benzene rings is 1. The third kappa shape index (κ3) is 4.15. The molecular weight excluding hydrogens is 290 g/mol. The van der Waals surface area contributed by atoms with Gasteiger partial charge in [-0.2, -0.15) is 5.26 Å². The largest absolute Gasteiger partial charge is 0.494 e. The molecule has 0 saturated carbocycles. The lowest BCUT2D eigenvalue weighted by Crippen LogP contribution is -2.51. The smallest absolute Gasteiger partial charge is 0.128 e. The van der Waals surface area contributed by atoms with Gasteiger partial charge in [0.1, 0.15) is 17.5 Å². The van der Waals surface area contributed by atoms with Crippen molar-refractivity contribution in [1.82, 2.24) is 9.80 Å². The highest BCUT2D eigenvalue weighted by atomic mass is 16.5. The topological polar surface area (TPSA) is 48.7 Å². The fraction of sp³-hybridized carbons (Fsp3) is 0.611. The summed E-state index contributed by atoms with van der Waals surface area (Å²) in [4.78, 5) is 4.56. The summed E-state index contributed by atoms with van der Waals surface area (Å²) in [7, 11) is 2.12. The van der Waals surface area contributed by atoms with Gasteiger partial charge in [-0.15, -0.1) is 0 Å². The zero-order chi connectivity index (χ0) is 16.8. The van der Waals surface area contributed by atoms with Crippen LogP contribution in [0.15, 0.2) is 18.2 Å². The van der Waals surface area contributed by atoms with Crippen molar-refractivity contribution in [3.63, 3.8) is 0 Å². The molecule has 0 bridgehead atoms. The Morgan fingerprint density at radius 2 is 2.00 bits per heavy atom. The molecule has 1 aliphatic heterocycles. The average molecular weight is 317 g/mol. The lowest BCUT2D eigenvalue weighted by molar-refractivity contribution is 0.0786. The SMILES string of the molecule is CCOc1ccc(C(C#N)N2CCN(C)CC2C)c(OCC)c1. The zero-order valence-electron chi connectivity index (χ0n) is 14.6. The van der Waals surface area contributed by atoms with Crippen LogP contribution >= 0.6 is 0 Å². The number of hydrogen-bond donors (Lipinski definition) is 0. The minimum atomic E-state index is -0.295. The number of piperazine rings is 1. The van der Waals surface area contributed by atoms with Crippen LogP contribution in [0.3, 0.4) is 0 Å². The van der Waals surface area contributed by atoms with Gasteiger partial charge in [-0.25, -0.2) is 0 Å². The van der Waals surface area contributed by atoms with Crippen molar-refractivity contribution >= 4 is 0 Å². The summed E-state index contributed by atoms with van der Waals surface area (Å²) in [5.74, 6) is 1.53. The lowest BCUT2D eigenvalue weighted by Gasteiger charge is -2.40. The molecule has 1 aromatic carbocycles. The second kappa shape index (κ2) is 8.19. The molecular formula is C18H27N3O2. The summed E-state index contributed by atoms with van der Waals surface area (Å²) in [6, 6.07) is 8.29. The first-order chi connectivity index (χ1) is 11.1. The van der Waals surface area contributed by atoms with Crippen LogP contribution in [0, 0.1) is 11.3 Å². The van der Waals surface area contributed by atoms with Crippen LogP contribution in [0.4, 0.5) is 0 Å². The molecule has 1 aromatic rings. The normalized spacial score (nSPS) is 20.7. The van der Waals surface area contributed by atoms with Crippen LogP contribution in [0.5, 0.6) is 11.5 Å². The van der Waals surface area contributed by atoms with E-state index in [-0.39, 0.29) is 6.04 Å². The molecule has 2 rings (SSSR count). The summed E-state index contributed by atoms with van der Waals surface area (Å²) in [6.07, 6.45) is 0. The van der Waals surface area contributed by atoms with Crippen LogP contribution in [-0.4, -0.2) is 55.7 Å². The van der Waals surface area contributed by atoms with Crippen molar-refractivity contribution in [2.45, 2.75) is 32.9 Å². The highest BCUT2D eigenvalue weighted by Gasteiger charge is 2.31. The quantitative estimate of drug-likeness (QED) is 0.807. The second-order valence-electron chi connectivity index (χ2n) is 5.95. The summed E-state index contributed by atoms with van der Waals surface area (Å²) in [5, 5.41) is 9.79. The van der Waals surface area contributed by atoms with Crippen LogP contribution in [-0.2, 0) is 0 Å². The van der Waals surface area contributed by atoms with E-state index in [1.807, 2.05) is 32.0 Å². The Bertz CT molecular complexity index is 556. The van der Waals surface area contributed by atoms with E-state index in [9.17, 15) is 5.26 Å². The maximum Gasteiger partial charge on any atom is 0.128 e. The zero-order valence-corrected chi connectivity index (χ0v) is 14.6. The summed E-state index contributed by atoms with van der Waals surface area (Å²) < 4.78 is 11.3. The fourth-order valence-corrected chi connectivity index (χ4v) is 3.14. The van der Waals surface area contributed by atoms with Crippen LogP contribution in [0.2, 0.25) is 0 Å². The first-order valence-corrected chi connectivity index (χ1v) is 8.34. The number of rotatable bonds is 6. The maximum atomic E-state index is 9.79. The Balaban J connectivity index is 2.31. The molecule has 5 heteroatoms. The molecule has 0 spiro atoms. The lowest BCUT2D eigenvalue weighted by atomic mass is 10.0. The minimum Gasteiger partial charge on any atom is -0.494 e. The van der Waals surface area contributed by atoms with E-state index < -0.39 is 0 Å². The molecule has 0 aromatic heterocycles. The van der Waals surface area contributed by atoms with Gasteiger partial charge in [0, 0.05) is 37.3 Å². The predicted octanol–water partition coefficient (Wildman–Crippen LogP) is 2.68. The van der Waals surface area contributed by atoms with Crippen LogP contribution in [0.1, 0.15) is 32.4 Å². The van der Waals surface area contributed by atoms with Crippen LogP contribution < -0.4 is 9.47 Å². The third-order valence-corrected chi connectivity index (χ3v) is 4.23. The monoisotopic (exact) mass is 317 g/mol. The van der Waals surface area contributed by atoms with Crippen molar-refractivity contribution < 1.29 is 9.47 Å². The van der Waals surface area contributed by atoms with Crippen molar-refractivity contribution in [2.24, 2.45) is 0 Å². The van der Waals surface area contributed by atoms with Crippen molar-refractivity contribution in [1.29, 1.82) is 5.26 Å². The average Bonchev–Trinajstić information content (AvgIpc) is 2.52. The van der Waals surface area contributed by atoms with Gasteiger partial charge in [0.25, 0.3) is 0 Å². The molecule has 1 fully saturated rings. The number of hydrogen-bond acceptors (Lipinski definition) is 5. The maximum absolute atomic E-state index is 9.79. The second-order valence-corrected chi connectivity index (χ2v) is 5.95. The van der Waals surface area contributed by atoms with Gasteiger partial charge in [-0.1, -0.05) is 0 Å². The Morgan fingerprint density at radius 1 is 1.26 bits per heavy atom. The van der Waals surface area contributed by atoms with Gasteiger partial charge in [0.15, 0.2) is 0 Å². The highest BCUT2D eigenvalue weighted by Crippen LogP contribution is 2.34. The first kappa shape index (κ1) is 17.6. The molecule has 1 saturated heterocycles. The van der Waals surface area contributed by atoms with Crippen LogP contribution in [0.25, 0.3) is 0 Å². The fourth-order valence-electron chi connectivity index (χ4n) is 3.14. The van der Waals surface area contributed by atoms with E-state index in [0.29, 0.717) is 19.3 Å². The summed E-state index contributed by atoms with van der Waals surface area (Å²) in [5.41, 5.74) is 0.925. The standard InChI is InChI=1S/C18H27N3O2/c1-5-22-15-7-8-16(18(11-15)23-6-2)17(12-19)21-10-9-20(4)13-14(21)3/h7-8,11,14,17H,5-6,9-10,13H2,1-4H3. The van der Waals surface area contributed by atoms with Crippen molar-refractivity contribution in [3.05, 3.63) is 23.8 Å². The van der Waals surface area contributed by atoms with Gasteiger partial charge >= 0.3 is 0 Å². The molecule has 23 heavy (non-hydrogen) atoms. The van der Waals surface area contributed by atoms with E-state index in [4.69, 9.17) is 9.47 Å². The molecule has 2 atom stereocenters. The Morgan fingerprint density at radius 3 is 2.61 bits per heavy atom. The molecule has 0 radical (unpaired) electrons. The molecule has 2 unspecified atom stereocenters. The van der Waals surface area contributed by atoms with E-state index in [1.165, 1.54) is 0 Å². The van der Waals surface area contributed by atoms with E-state index in [2.05, 4.69) is 29.8 Å². The number of nitrogens with zero attached hydrogens (tertiary/aromatic N) is 3. The van der Waals surface area contributed by atoms with Gasteiger partial charge in [-0.3, -0.25) is 4.90 Å². The number of ether oxygens (including phenoxy) is 2. The Labute approximate surface area is 139 Å². The Kier molecular flexibility index (Phi) is 6.26. The molecule has 5 nitrogen and oxygen atoms in total. The van der Waals surface area contributed by atoms with E-state index in [0.717, 1.165) is 36.7 Å². The van der Waals surface area contributed by atoms with E-state index in [1.54, 1.807) is 0 Å². The molecule has 0 N–H and O–H groups in total. The molecule has 0 aliphatic carbocycles. The Hall–Kier alpha value is -1.77. The third-order valence-electron chi connectivity index (χ3n) is 4.23. The van der Waals surface area contributed by atoms with Crippen molar-refractivity contribution in [2.75, 3.05) is 39.9 Å². The number of likely N-dealkylation sites (N-methyl/N-ethyl adjacent to an activating group) is 1. The van der Waals surface area contributed by atoms with Crippen molar-refractivity contribution in [3.8, 4) is 17.6 Å². The molecule has 0 amide bonds. The first-order valence-electron chi connectivity index (χ1n) is 8.34. The van der Waals surface area contributed by atoms with Gasteiger partial charge < -0.3 is 14.4 Å². The van der Waals surface area contributed by atoms with Gasteiger partial charge in [0.2, 0.25) is 0 Å². The molecule has 126 valence electrons. The number of nitriles is 1. The molecule has 1 aliphatic rings. The van der Waals surface area contributed by atoms with Gasteiger partial charge in [0.05, 0.1) is 19.3 Å². The predicted molar refractivity (Wildman–Crippen MR) is 90.8 cm³/mol. The van der Waals surface area contributed by atoms with E-state index >= 15 is 0 Å². The van der Waals surface area contributed by atoms with Gasteiger partial charge in [-0.05, 0) is 40.0 Å².